The Balaban J connectivity index is 0.000000159. The van der Waals surface area contributed by atoms with E-state index in [2.05, 4.69) is 42.5 Å². The van der Waals surface area contributed by atoms with E-state index in [0.29, 0.717) is 18.5 Å². The van der Waals surface area contributed by atoms with Crippen LogP contribution in [0.25, 0.3) is 0 Å². The van der Waals surface area contributed by atoms with Crippen molar-refractivity contribution in [1.29, 1.82) is 0 Å². The van der Waals surface area contributed by atoms with Crippen molar-refractivity contribution in [2.75, 3.05) is 13.1 Å². The standard InChI is InChI=1S/C9H7BrN2O3.C9H8BrNO/c10-6-1-2-7(12(14)15)8-5(6)3-4-11-9(8)13;10-8-3-1-2-7-6(8)4-5-11-9(7)12/h1-2H,3-4H2,(H,11,13);1-3H,4-5H2,(H,11,12). The van der Waals surface area contributed by atoms with E-state index in [1.54, 1.807) is 6.07 Å². The van der Waals surface area contributed by atoms with Gasteiger partial charge in [-0.15, -0.1) is 0 Å². The summed E-state index contributed by atoms with van der Waals surface area (Å²) in [5.74, 6) is -0.332. The van der Waals surface area contributed by atoms with Crippen molar-refractivity contribution >= 4 is 49.4 Å². The molecule has 9 heteroatoms. The van der Waals surface area contributed by atoms with E-state index in [4.69, 9.17) is 0 Å². The Labute approximate surface area is 171 Å². The smallest absolute Gasteiger partial charge is 0.282 e. The molecule has 27 heavy (non-hydrogen) atoms. The Kier molecular flexibility index (Phi) is 5.91. The molecule has 2 aromatic rings. The van der Waals surface area contributed by atoms with Crippen LogP contribution in [0, 0.1) is 10.1 Å². The van der Waals surface area contributed by atoms with Crippen LogP contribution in [0.3, 0.4) is 0 Å². The first-order chi connectivity index (χ1) is 12.9. The molecule has 140 valence electrons. The Hall–Kier alpha value is -2.26. The highest BCUT2D eigenvalue weighted by atomic mass is 79.9. The normalized spacial score (nSPS) is 14.7. The molecule has 0 saturated heterocycles. The minimum atomic E-state index is -0.532. The van der Waals surface area contributed by atoms with E-state index in [0.717, 1.165) is 33.0 Å². The summed E-state index contributed by atoms with van der Waals surface area (Å²) in [6, 6.07) is 8.66. The fraction of sp³-hybridized carbons (Fsp3) is 0.222. The fourth-order valence-corrected chi connectivity index (χ4v) is 4.16. The molecule has 0 aromatic heterocycles. The summed E-state index contributed by atoms with van der Waals surface area (Å²) < 4.78 is 1.79. The molecule has 4 rings (SSSR count). The molecule has 0 radical (unpaired) electrons. The molecule has 2 heterocycles. The molecule has 2 aliphatic heterocycles. The molecular weight excluding hydrogens is 482 g/mol. The van der Waals surface area contributed by atoms with Crippen LogP contribution in [0.1, 0.15) is 31.8 Å². The number of nitro benzene ring substituents is 1. The summed E-state index contributed by atoms with van der Waals surface area (Å²) in [6.07, 6.45) is 1.53. The van der Waals surface area contributed by atoms with Crippen molar-refractivity contribution in [3.63, 3.8) is 0 Å². The van der Waals surface area contributed by atoms with Gasteiger partial charge in [-0.3, -0.25) is 19.7 Å². The Morgan fingerprint density at radius 2 is 1.52 bits per heavy atom. The van der Waals surface area contributed by atoms with Gasteiger partial charge in [-0.1, -0.05) is 37.9 Å². The number of nitro groups is 1. The highest BCUT2D eigenvalue weighted by molar-refractivity contribution is 9.10. The van der Waals surface area contributed by atoms with Crippen LogP contribution in [0.4, 0.5) is 5.69 Å². The minimum Gasteiger partial charge on any atom is -0.352 e. The highest BCUT2D eigenvalue weighted by Crippen LogP contribution is 2.30. The van der Waals surface area contributed by atoms with Crippen LogP contribution < -0.4 is 10.6 Å². The van der Waals surface area contributed by atoms with Crippen molar-refractivity contribution in [3.8, 4) is 0 Å². The summed E-state index contributed by atoms with van der Waals surface area (Å²) in [5, 5.41) is 16.1. The number of fused-ring (bicyclic) bond motifs is 2. The summed E-state index contributed by atoms with van der Waals surface area (Å²) in [7, 11) is 0. The monoisotopic (exact) mass is 495 g/mol. The number of carbonyl (C=O) groups excluding carboxylic acids is 2. The van der Waals surface area contributed by atoms with Gasteiger partial charge in [0.1, 0.15) is 5.56 Å². The second-order valence-electron chi connectivity index (χ2n) is 5.95. The van der Waals surface area contributed by atoms with Gasteiger partial charge in [0.15, 0.2) is 0 Å². The molecule has 2 aliphatic rings. The van der Waals surface area contributed by atoms with E-state index in [9.17, 15) is 19.7 Å². The second kappa shape index (κ2) is 8.18. The molecule has 0 fully saturated rings. The summed E-state index contributed by atoms with van der Waals surface area (Å²) in [4.78, 5) is 33.0. The summed E-state index contributed by atoms with van der Waals surface area (Å²) in [5.41, 5.74) is 2.69. The first kappa shape index (κ1) is 19.5. The van der Waals surface area contributed by atoms with Gasteiger partial charge >= 0.3 is 0 Å². The number of nitrogens with one attached hydrogen (secondary N) is 2. The van der Waals surface area contributed by atoms with E-state index < -0.39 is 4.92 Å². The first-order valence-corrected chi connectivity index (χ1v) is 9.78. The SMILES string of the molecule is O=C1NCCc2c(Br)ccc([N+](=O)[O-])c21.O=C1NCCc2c(Br)cccc21. The summed E-state index contributed by atoms with van der Waals surface area (Å²) in [6.45, 7) is 1.26. The lowest BCUT2D eigenvalue weighted by Crippen LogP contribution is -2.32. The van der Waals surface area contributed by atoms with Crippen molar-refractivity contribution < 1.29 is 14.5 Å². The number of nitrogens with zero attached hydrogens (tertiary/aromatic N) is 1. The zero-order chi connectivity index (χ0) is 19.6. The number of benzene rings is 2. The minimum absolute atomic E-state index is 0.0394. The van der Waals surface area contributed by atoms with Crippen LogP contribution >= 0.6 is 31.9 Å². The lowest BCUT2D eigenvalue weighted by Gasteiger charge is -2.17. The van der Waals surface area contributed by atoms with E-state index in [1.807, 2.05) is 18.2 Å². The van der Waals surface area contributed by atoms with Crippen LogP contribution in [0.2, 0.25) is 0 Å². The average Bonchev–Trinajstić information content (AvgIpc) is 2.64. The predicted molar refractivity (Wildman–Crippen MR) is 107 cm³/mol. The van der Waals surface area contributed by atoms with E-state index >= 15 is 0 Å². The van der Waals surface area contributed by atoms with Crippen molar-refractivity contribution in [1.82, 2.24) is 10.6 Å². The molecule has 0 spiro atoms. The number of hydrogen-bond donors (Lipinski definition) is 2. The van der Waals surface area contributed by atoms with Crippen LogP contribution in [0.5, 0.6) is 0 Å². The zero-order valence-corrected chi connectivity index (χ0v) is 17.2. The molecule has 2 amide bonds. The highest BCUT2D eigenvalue weighted by Gasteiger charge is 2.28. The Morgan fingerprint density at radius 3 is 2.19 bits per heavy atom. The van der Waals surface area contributed by atoms with Gasteiger partial charge < -0.3 is 10.6 Å². The average molecular weight is 497 g/mol. The van der Waals surface area contributed by atoms with Gasteiger partial charge in [0.2, 0.25) is 0 Å². The van der Waals surface area contributed by atoms with Gasteiger partial charge in [-0.05, 0) is 42.2 Å². The predicted octanol–water partition coefficient (Wildman–Crippen LogP) is 3.38. The molecule has 7 nitrogen and oxygen atoms in total. The number of hydrogen-bond acceptors (Lipinski definition) is 4. The van der Waals surface area contributed by atoms with E-state index in [-0.39, 0.29) is 23.1 Å². The topological polar surface area (TPSA) is 101 Å². The van der Waals surface area contributed by atoms with Crippen LogP contribution in [0.15, 0.2) is 39.3 Å². The third-order valence-electron chi connectivity index (χ3n) is 4.34. The third kappa shape index (κ3) is 4.03. The number of carbonyl (C=O) groups is 2. The maximum absolute atomic E-state index is 11.5. The lowest BCUT2D eigenvalue weighted by atomic mass is 9.99. The van der Waals surface area contributed by atoms with Crippen molar-refractivity contribution in [2.45, 2.75) is 12.8 Å². The Morgan fingerprint density at radius 1 is 0.889 bits per heavy atom. The summed E-state index contributed by atoms with van der Waals surface area (Å²) >= 11 is 6.72. The van der Waals surface area contributed by atoms with Crippen LogP contribution in [-0.4, -0.2) is 29.8 Å². The number of amides is 2. The number of rotatable bonds is 1. The van der Waals surface area contributed by atoms with Crippen molar-refractivity contribution in [2.24, 2.45) is 0 Å². The molecule has 2 aromatic carbocycles. The quantitative estimate of drug-likeness (QED) is 0.466. The lowest BCUT2D eigenvalue weighted by molar-refractivity contribution is -0.385. The van der Waals surface area contributed by atoms with Gasteiger partial charge in [-0.25, -0.2) is 0 Å². The van der Waals surface area contributed by atoms with Gasteiger partial charge in [0.05, 0.1) is 4.92 Å². The molecule has 0 saturated carbocycles. The van der Waals surface area contributed by atoms with Gasteiger partial charge in [0.25, 0.3) is 17.5 Å². The molecule has 0 bridgehead atoms. The molecular formula is C18H15Br2N3O4. The largest absolute Gasteiger partial charge is 0.352 e. The second-order valence-corrected chi connectivity index (χ2v) is 7.66. The zero-order valence-electron chi connectivity index (χ0n) is 14.1. The molecule has 2 N–H and O–H groups in total. The molecule has 0 aliphatic carbocycles. The van der Waals surface area contributed by atoms with Gasteiger partial charge in [-0.2, -0.15) is 0 Å². The first-order valence-electron chi connectivity index (χ1n) is 8.19. The molecule has 0 unspecified atom stereocenters. The Bertz CT molecular complexity index is 946. The maximum atomic E-state index is 11.5. The van der Waals surface area contributed by atoms with Crippen LogP contribution in [-0.2, 0) is 12.8 Å². The number of halogens is 2. The van der Waals surface area contributed by atoms with Gasteiger partial charge in [0, 0.05) is 33.7 Å². The fourth-order valence-electron chi connectivity index (χ4n) is 3.07. The van der Waals surface area contributed by atoms with E-state index in [1.165, 1.54) is 6.07 Å². The van der Waals surface area contributed by atoms with Crippen molar-refractivity contribution in [3.05, 3.63) is 71.6 Å². The third-order valence-corrected chi connectivity index (χ3v) is 5.83. The maximum Gasteiger partial charge on any atom is 0.282 e. The molecule has 0 atom stereocenters.